The molecule has 3 rings (SSSR count). The van der Waals surface area contributed by atoms with Crippen molar-refractivity contribution in [3.8, 4) is 0 Å². The molecule has 0 spiro atoms. The van der Waals surface area contributed by atoms with E-state index in [-0.39, 0.29) is 0 Å². The number of unbranched alkanes of at least 4 members (excludes halogenated alkanes) is 14. The van der Waals surface area contributed by atoms with Crippen molar-refractivity contribution >= 4 is 27.5 Å². The van der Waals surface area contributed by atoms with Gasteiger partial charge in [0.05, 0.1) is 16.7 Å². The molecule has 2 aromatic carbocycles. The Hall–Kier alpha value is -2.09. The third-order valence-electron chi connectivity index (χ3n) is 7.43. The number of hydrogen-bond acceptors (Lipinski definition) is 2. The Kier molecular flexibility index (Phi) is 13.0. The maximum absolute atomic E-state index is 5.13. The first-order chi connectivity index (χ1) is 17.3. The van der Waals surface area contributed by atoms with Crippen LogP contribution >= 0.6 is 0 Å². The highest BCUT2D eigenvalue weighted by Gasteiger charge is 2.12. The fourth-order valence-corrected chi connectivity index (χ4v) is 5.27. The molecule has 1 aromatic heterocycles. The van der Waals surface area contributed by atoms with Gasteiger partial charge in [-0.3, -0.25) is 0 Å². The number of para-hydroxylation sites is 2. The standard InChI is InChI=1S/C33H50N2/c1-3-5-7-9-11-13-15-19-26-35(27-20-16-14-12-10-8-6-4-2)32-25-21-23-30-28-29-22-17-18-24-31(29)34-33(30)32/h17-18,21-25,28H,3-16,19-20,26-27H2,1-2H3. The van der Waals surface area contributed by atoms with Crippen LogP contribution in [-0.2, 0) is 0 Å². The van der Waals surface area contributed by atoms with E-state index in [1.807, 2.05) is 0 Å². The molecule has 35 heavy (non-hydrogen) atoms. The van der Waals surface area contributed by atoms with E-state index in [0.717, 1.165) is 18.6 Å². The van der Waals surface area contributed by atoms with Crippen LogP contribution in [0.4, 0.5) is 5.69 Å². The van der Waals surface area contributed by atoms with E-state index in [1.165, 1.54) is 125 Å². The van der Waals surface area contributed by atoms with Gasteiger partial charge in [-0.15, -0.1) is 0 Å². The molecule has 0 aliphatic carbocycles. The zero-order chi connectivity index (χ0) is 24.6. The summed E-state index contributed by atoms with van der Waals surface area (Å²) in [6, 6.07) is 17.6. The highest BCUT2D eigenvalue weighted by atomic mass is 15.1. The summed E-state index contributed by atoms with van der Waals surface area (Å²) in [7, 11) is 0. The minimum absolute atomic E-state index is 1.10. The summed E-state index contributed by atoms with van der Waals surface area (Å²) in [5.41, 5.74) is 3.61. The van der Waals surface area contributed by atoms with Crippen molar-refractivity contribution in [3.05, 3.63) is 48.5 Å². The van der Waals surface area contributed by atoms with Crippen LogP contribution in [0.25, 0.3) is 21.8 Å². The molecule has 0 atom stereocenters. The van der Waals surface area contributed by atoms with Crippen LogP contribution in [0.2, 0.25) is 0 Å². The molecule has 2 nitrogen and oxygen atoms in total. The molecule has 3 aromatic rings. The van der Waals surface area contributed by atoms with Crippen LogP contribution in [0.1, 0.15) is 117 Å². The van der Waals surface area contributed by atoms with Crippen LogP contribution < -0.4 is 4.90 Å². The van der Waals surface area contributed by atoms with Gasteiger partial charge in [-0.05, 0) is 31.0 Å². The fraction of sp³-hybridized carbons (Fsp3) is 0.606. The molecule has 0 N–H and O–H groups in total. The maximum atomic E-state index is 5.13. The number of pyridine rings is 1. The highest BCUT2D eigenvalue weighted by Crippen LogP contribution is 2.29. The molecule has 0 saturated carbocycles. The molecule has 0 unspecified atom stereocenters. The first-order valence-corrected chi connectivity index (χ1v) is 14.9. The van der Waals surface area contributed by atoms with Crippen LogP contribution in [0.3, 0.4) is 0 Å². The van der Waals surface area contributed by atoms with E-state index < -0.39 is 0 Å². The van der Waals surface area contributed by atoms with Gasteiger partial charge in [-0.1, -0.05) is 134 Å². The summed E-state index contributed by atoms with van der Waals surface area (Å²) in [6.07, 6.45) is 22.0. The first kappa shape index (κ1) is 27.5. The van der Waals surface area contributed by atoms with Crippen molar-refractivity contribution in [2.24, 2.45) is 0 Å². The topological polar surface area (TPSA) is 16.1 Å². The fourth-order valence-electron chi connectivity index (χ4n) is 5.27. The minimum Gasteiger partial charge on any atom is -0.370 e. The lowest BCUT2D eigenvalue weighted by Crippen LogP contribution is -2.26. The summed E-state index contributed by atoms with van der Waals surface area (Å²) in [5, 5.41) is 2.49. The molecule has 0 radical (unpaired) electrons. The zero-order valence-electron chi connectivity index (χ0n) is 22.7. The van der Waals surface area contributed by atoms with Crippen LogP contribution in [0, 0.1) is 0 Å². The van der Waals surface area contributed by atoms with Crippen LogP contribution in [0.5, 0.6) is 0 Å². The highest BCUT2D eigenvalue weighted by molar-refractivity contribution is 5.98. The van der Waals surface area contributed by atoms with Gasteiger partial charge in [0.25, 0.3) is 0 Å². The lowest BCUT2D eigenvalue weighted by Gasteiger charge is -2.26. The quantitative estimate of drug-likeness (QED) is 0.127. The summed E-state index contributed by atoms with van der Waals surface area (Å²) in [6.45, 7) is 6.90. The third-order valence-corrected chi connectivity index (χ3v) is 7.43. The Labute approximate surface area is 215 Å². The number of rotatable bonds is 19. The van der Waals surface area contributed by atoms with Crippen molar-refractivity contribution in [2.75, 3.05) is 18.0 Å². The SMILES string of the molecule is CCCCCCCCCCN(CCCCCCCCCC)c1cccc2cc3ccccc3nc12. The second-order valence-corrected chi connectivity index (χ2v) is 10.5. The molecule has 192 valence electrons. The lowest BCUT2D eigenvalue weighted by molar-refractivity contribution is 0.555. The number of nitrogens with zero attached hydrogens (tertiary/aromatic N) is 2. The molecule has 2 heteroatoms. The first-order valence-electron chi connectivity index (χ1n) is 14.9. The van der Waals surface area contributed by atoms with E-state index >= 15 is 0 Å². The molecule has 1 heterocycles. The van der Waals surface area contributed by atoms with Crippen molar-refractivity contribution in [1.29, 1.82) is 0 Å². The monoisotopic (exact) mass is 474 g/mol. The molecular weight excluding hydrogens is 424 g/mol. The predicted molar refractivity (Wildman–Crippen MR) is 157 cm³/mol. The Balaban J connectivity index is 1.60. The zero-order valence-corrected chi connectivity index (χ0v) is 22.7. The Morgan fingerprint density at radius 2 is 1.06 bits per heavy atom. The summed E-state index contributed by atoms with van der Waals surface area (Å²) < 4.78 is 0. The van der Waals surface area contributed by atoms with Gasteiger partial charge in [-0.25, -0.2) is 4.98 Å². The predicted octanol–water partition coefficient (Wildman–Crippen LogP) is 10.5. The second-order valence-electron chi connectivity index (χ2n) is 10.5. The molecular formula is C33H50N2. The average Bonchev–Trinajstić information content (AvgIpc) is 2.89. The molecule has 0 saturated heterocycles. The van der Waals surface area contributed by atoms with E-state index in [9.17, 15) is 0 Å². The Morgan fingerprint density at radius 1 is 0.543 bits per heavy atom. The van der Waals surface area contributed by atoms with E-state index in [2.05, 4.69) is 67.3 Å². The van der Waals surface area contributed by atoms with Gasteiger partial charge in [0.15, 0.2) is 0 Å². The van der Waals surface area contributed by atoms with E-state index in [1.54, 1.807) is 0 Å². The number of fused-ring (bicyclic) bond motifs is 2. The van der Waals surface area contributed by atoms with Gasteiger partial charge < -0.3 is 4.90 Å². The number of aromatic nitrogens is 1. The van der Waals surface area contributed by atoms with Gasteiger partial charge in [-0.2, -0.15) is 0 Å². The number of hydrogen-bond donors (Lipinski definition) is 0. The molecule has 0 fully saturated rings. The van der Waals surface area contributed by atoms with Crippen molar-refractivity contribution in [3.63, 3.8) is 0 Å². The van der Waals surface area contributed by atoms with Gasteiger partial charge in [0, 0.05) is 23.9 Å². The summed E-state index contributed by atoms with van der Waals surface area (Å²) >= 11 is 0. The Bertz CT molecular complexity index is 944. The minimum atomic E-state index is 1.10. The number of anilines is 1. The molecule has 0 aliphatic heterocycles. The lowest BCUT2D eigenvalue weighted by atomic mass is 10.1. The summed E-state index contributed by atoms with van der Waals surface area (Å²) in [4.78, 5) is 7.78. The van der Waals surface area contributed by atoms with Crippen LogP contribution in [0.15, 0.2) is 48.5 Å². The van der Waals surface area contributed by atoms with Crippen molar-refractivity contribution in [1.82, 2.24) is 4.98 Å². The van der Waals surface area contributed by atoms with Crippen molar-refractivity contribution < 1.29 is 0 Å². The maximum Gasteiger partial charge on any atom is 0.0943 e. The normalized spacial score (nSPS) is 11.5. The summed E-state index contributed by atoms with van der Waals surface area (Å²) in [5.74, 6) is 0. The van der Waals surface area contributed by atoms with E-state index in [4.69, 9.17) is 4.98 Å². The smallest absolute Gasteiger partial charge is 0.0943 e. The van der Waals surface area contributed by atoms with Gasteiger partial charge >= 0.3 is 0 Å². The van der Waals surface area contributed by atoms with Gasteiger partial charge in [0.1, 0.15) is 0 Å². The van der Waals surface area contributed by atoms with E-state index in [0.29, 0.717) is 0 Å². The number of benzene rings is 2. The molecule has 0 aliphatic rings. The Morgan fingerprint density at radius 3 is 1.66 bits per heavy atom. The average molecular weight is 475 g/mol. The largest absolute Gasteiger partial charge is 0.370 e. The molecule has 0 bridgehead atoms. The third kappa shape index (κ3) is 9.47. The second kappa shape index (κ2) is 16.6. The molecule has 0 amide bonds. The van der Waals surface area contributed by atoms with Crippen LogP contribution in [-0.4, -0.2) is 18.1 Å². The van der Waals surface area contributed by atoms with Crippen molar-refractivity contribution in [2.45, 2.75) is 117 Å². The van der Waals surface area contributed by atoms with Gasteiger partial charge in [0.2, 0.25) is 0 Å².